The zero-order valence-electron chi connectivity index (χ0n) is 15.8. The Hall–Kier alpha value is -2.08. The second-order valence-electron chi connectivity index (χ2n) is 8.17. The minimum Gasteiger partial charge on any atom is -0.341 e. The van der Waals surface area contributed by atoms with Crippen LogP contribution in [0.1, 0.15) is 44.9 Å². The van der Waals surface area contributed by atoms with Crippen LogP contribution in [-0.2, 0) is 4.79 Å². The van der Waals surface area contributed by atoms with Gasteiger partial charge in [-0.15, -0.1) is 0 Å². The molecule has 0 spiro atoms. The molecule has 0 aromatic heterocycles. The molecule has 6 nitrogen and oxygen atoms in total. The molecule has 3 atom stereocenters. The zero-order chi connectivity index (χ0) is 18.6. The van der Waals surface area contributed by atoms with Crippen molar-refractivity contribution < 1.29 is 9.59 Å². The van der Waals surface area contributed by atoms with Crippen LogP contribution in [0, 0.1) is 5.92 Å². The molecule has 3 fully saturated rings. The molecular weight excluding hydrogens is 340 g/mol. The van der Waals surface area contributed by atoms with Crippen molar-refractivity contribution in [2.75, 3.05) is 18.4 Å². The van der Waals surface area contributed by atoms with Gasteiger partial charge in [0.15, 0.2) is 0 Å². The van der Waals surface area contributed by atoms with Crippen molar-refractivity contribution >= 4 is 17.6 Å². The summed E-state index contributed by atoms with van der Waals surface area (Å²) >= 11 is 0. The van der Waals surface area contributed by atoms with Gasteiger partial charge in [-0.1, -0.05) is 31.0 Å². The van der Waals surface area contributed by atoms with Crippen LogP contribution >= 0.6 is 0 Å². The number of hydrogen-bond acceptors (Lipinski definition) is 3. The largest absolute Gasteiger partial charge is 0.341 e. The highest BCUT2D eigenvalue weighted by atomic mass is 16.2. The van der Waals surface area contributed by atoms with E-state index in [4.69, 9.17) is 0 Å². The Labute approximate surface area is 161 Å². The highest BCUT2D eigenvalue weighted by molar-refractivity contribution is 5.89. The van der Waals surface area contributed by atoms with E-state index in [1.165, 1.54) is 25.7 Å². The first-order chi connectivity index (χ1) is 13.2. The monoisotopic (exact) mass is 370 g/mol. The number of rotatable bonds is 3. The molecule has 0 bridgehead atoms. The third-order valence-corrected chi connectivity index (χ3v) is 6.33. The molecule has 3 unspecified atom stereocenters. The van der Waals surface area contributed by atoms with E-state index >= 15 is 0 Å². The lowest BCUT2D eigenvalue weighted by Crippen LogP contribution is -2.51. The average Bonchev–Trinajstić information content (AvgIpc) is 3.13. The first kappa shape index (κ1) is 18.3. The summed E-state index contributed by atoms with van der Waals surface area (Å²) in [7, 11) is 0. The van der Waals surface area contributed by atoms with Crippen molar-refractivity contribution in [3.05, 3.63) is 30.3 Å². The Bertz CT molecular complexity index is 643. The van der Waals surface area contributed by atoms with Crippen LogP contribution in [0.2, 0.25) is 0 Å². The van der Waals surface area contributed by atoms with Crippen LogP contribution in [-0.4, -0.2) is 48.1 Å². The van der Waals surface area contributed by atoms with Gasteiger partial charge in [-0.2, -0.15) is 0 Å². The van der Waals surface area contributed by atoms with Gasteiger partial charge in [0, 0.05) is 30.9 Å². The van der Waals surface area contributed by atoms with E-state index < -0.39 is 0 Å². The van der Waals surface area contributed by atoms with Crippen molar-refractivity contribution in [3.63, 3.8) is 0 Å². The van der Waals surface area contributed by atoms with Crippen molar-refractivity contribution in [2.24, 2.45) is 5.92 Å². The van der Waals surface area contributed by atoms with Gasteiger partial charge in [-0.05, 0) is 50.2 Å². The Morgan fingerprint density at radius 1 is 1.00 bits per heavy atom. The van der Waals surface area contributed by atoms with Crippen molar-refractivity contribution in [1.82, 2.24) is 15.5 Å². The zero-order valence-corrected chi connectivity index (χ0v) is 15.8. The number of urea groups is 1. The van der Waals surface area contributed by atoms with E-state index in [-0.39, 0.29) is 24.0 Å². The van der Waals surface area contributed by atoms with Crippen molar-refractivity contribution in [2.45, 2.75) is 63.1 Å². The van der Waals surface area contributed by atoms with E-state index in [1.54, 1.807) is 0 Å². The van der Waals surface area contributed by atoms with Gasteiger partial charge in [0.2, 0.25) is 5.91 Å². The molecule has 6 heteroatoms. The molecule has 1 aliphatic carbocycles. The second-order valence-corrected chi connectivity index (χ2v) is 8.17. The molecule has 27 heavy (non-hydrogen) atoms. The van der Waals surface area contributed by atoms with Crippen LogP contribution in [0.4, 0.5) is 10.5 Å². The number of para-hydroxylation sites is 1. The van der Waals surface area contributed by atoms with E-state index in [1.807, 2.05) is 35.2 Å². The molecular formula is C21H30N4O2. The molecule has 3 amide bonds. The molecule has 2 aliphatic heterocycles. The maximum Gasteiger partial charge on any atom is 0.319 e. The molecule has 1 aromatic carbocycles. The highest BCUT2D eigenvalue weighted by Crippen LogP contribution is 2.33. The molecule has 0 radical (unpaired) electrons. The number of fused-ring (bicyclic) bond motifs is 1. The fourth-order valence-corrected chi connectivity index (χ4v) is 4.85. The Kier molecular flexibility index (Phi) is 5.62. The molecule has 3 N–H and O–H groups in total. The van der Waals surface area contributed by atoms with E-state index in [2.05, 4.69) is 16.0 Å². The highest BCUT2D eigenvalue weighted by Gasteiger charge is 2.40. The van der Waals surface area contributed by atoms with E-state index in [0.717, 1.165) is 38.0 Å². The number of hydrogen-bond donors (Lipinski definition) is 3. The van der Waals surface area contributed by atoms with E-state index in [9.17, 15) is 9.59 Å². The lowest BCUT2D eigenvalue weighted by atomic mass is 9.85. The van der Waals surface area contributed by atoms with Crippen molar-refractivity contribution in [3.8, 4) is 0 Å². The second kappa shape index (κ2) is 8.30. The first-order valence-corrected chi connectivity index (χ1v) is 10.4. The fourth-order valence-electron chi connectivity index (χ4n) is 4.85. The average molecular weight is 370 g/mol. The number of benzene rings is 1. The third-order valence-electron chi connectivity index (χ3n) is 6.33. The Morgan fingerprint density at radius 2 is 1.74 bits per heavy atom. The van der Waals surface area contributed by atoms with Gasteiger partial charge in [0.25, 0.3) is 0 Å². The van der Waals surface area contributed by atoms with Gasteiger partial charge < -0.3 is 20.9 Å². The van der Waals surface area contributed by atoms with Crippen LogP contribution in [0.15, 0.2) is 30.3 Å². The summed E-state index contributed by atoms with van der Waals surface area (Å²) in [5, 5.41) is 9.48. The normalized spacial score (nSPS) is 28.4. The predicted octanol–water partition coefficient (Wildman–Crippen LogP) is 2.72. The molecule has 1 saturated carbocycles. The molecule has 1 aromatic rings. The number of carbonyl (C=O) groups excluding carboxylic acids is 2. The molecule has 2 heterocycles. The third kappa shape index (κ3) is 4.43. The topological polar surface area (TPSA) is 73.5 Å². The number of carbonyl (C=O) groups is 2. The maximum atomic E-state index is 12.9. The molecule has 146 valence electrons. The van der Waals surface area contributed by atoms with Crippen LogP contribution in [0.25, 0.3) is 0 Å². The van der Waals surface area contributed by atoms with Crippen LogP contribution in [0.3, 0.4) is 0 Å². The SMILES string of the molecule is O=C(Nc1ccccc1)NC1CCN(C(=O)C2CC3CCCCC3N2)CC1. The maximum absolute atomic E-state index is 12.9. The minimum atomic E-state index is -0.174. The summed E-state index contributed by atoms with van der Waals surface area (Å²) in [5.41, 5.74) is 0.788. The minimum absolute atomic E-state index is 0.00369. The first-order valence-electron chi connectivity index (χ1n) is 10.4. The number of nitrogens with one attached hydrogen (secondary N) is 3. The number of nitrogens with zero attached hydrogens (tertiary/aromatic N) is 1. The van der Waals surface area contributed by atoms with Gasteiger partial charge >= 0.3 is 6.03 Å². The Balaban J connectivity index is 1.22. The predicted molar refractivity (Wildman–Crippen MR) is 105 cm³/mol. The van der Waals surface area contributed by atoms with E-state index in [0.29, 0.717) is 12.0 Å². The molecule has 2 saturated heterocycles. The van der Waals surface area contributed by atoms with Gasteiger partial charge in [0.05, 0.1) is 6.04 Å². The summed E-state index contributed by atoms with van der Waals surface area (Å²) in [5.74, 6) is 0.949. The Morgan fingerprint density at radius 3 is 2.48 bits per heavy atom. The van der Waals surface area contributed by atoms with Crippen LogP contribution in [0.5, 0.6) is 0 Å². The summed E-state index contributed by atoms with van der Waals surface area (Å²) in [6, 6.07) is 9.95. The quantitative estimate of drug-likeness (QED) is 0.766. The standard InChI is InChI=1S/C21H30N4O2/c26-20(19-14-15-6-4-5-9-18(15)24-19)25-12-10-17(11-13-25)23-21(27)22-16-7-2-1-3-8-16/h1-3,7-8,15,17-19,24H,4-6,9-14H2,(H2,22,23,27). The van der Waals surface area contributed by atoms with Gasteiger partial charge in [-0.3, -0.25) is 4.79 Å². The number of likely N-dealkylation sites (tertiary alicyclic amines) is 1. The van der Waals surface area contributed by atoms with Gasteiger partial charge in [0.1, 0.15) is 0 Å². The number of piperidine rings is 1. The lowest BCUT2D eigenvalue weighted by molar-refractivity contribution is -0.134. The van der Waals surface area contributed by atoms with Crippen molar-refractivity contribution in [1.29, 1.82) is 0 Å². The number of amides is 3. The molecule has 4 rings (SSSR count). The fraction of sp³-hybridized carbons (Fsp3) is 0.619. The lowest BCUT2D eigenvalue weighted by Gasteiger charge is -2.34. The summed E-state index contributed by atoms with van der Waals surface area (Å²) < 4.78 is 0. The summed E-state index contributed by atoms with van der Waals surface area (Å²) in [6.07, 6.45) is 7.71. The number of anilines is 1. The summed E-state index contributed by atoms with van der Waals surface area (Å²) in [6.45, 7) is 1.45. The smallest absolute Gasteiger partial charge is 0.319 e. The molecule has 3 aliphatic rings. The van der Waals surface area contributed by atoms with Crippen LogP contribution < -0.4 is 16.0 Å². The summed E-state index contributed by atoms with van der Waals surface area (Å²) in [4.78, 5) is 27.0. The van der Waals surface area contributed by atoms with Gasteiger partial charge in [-0.25, -0.2) is 4.79 Å².